The molecule has 10 heteroatoms. The number of hydrogen-bond donors (Lipinski definition) is 3. The summed E-state index contributed by atoms with van der Waals surface area (Å²) >= 11 is 2.76. The first-order valence-corrected chi connectivity index (χ1v) is 16.8. The lowest BCUT2D eigenvalue weighted by Crippen LogP contribution is -2.30. The van der Waals surface area contributed by atoms with Crippen LogP contribution in [0.1, 0.15) is 15.9 Å². The van der Waals surface area contributed by atoms with Crippen molar-refractivity contribution in [3.63, 3.8) is 0 Å². The molecule has 0 saturated carbocycles. The fourth-order valence-electron chi connectivity index (χ4n) is 4.76. The zero-order valence-corrected chi connectivity index (χ0v) is 27.4. The van der Waals surface area contributed by atoms with Crippen LogP contribution in [0, 0.1) is 0 Å². The van der Waals surface area contributed by atoms with E-state index in [4.69, 9.17) is 4.74 Å². The molecule has 3 N–H and O–H groups in total. The number of ether oxygens (including phenoxy) is 1. The second-order valence-electron chi connectivity index (χ2n) is 10.6. The van der Waals surface area contributed by atoms with Gasteiger partial charge in [0.05, 0.1) is 18.6 Å². The number of nitrogens with zero attached hydrogens (tertiary/aromatic N) is 1. The van der Waals surface area contributed by atoms with Crippen molar-refractivity contribution in [3.05, 3.63) is 144 Å². The Hall–Kier alpha value is -5.71. The first kappa shape index (κ1) is 32.2. The van der Waals surface area contributed by atoms with E-state index >= 15 is 0 Å². The third-order valence-electron chi connectivity index (χ3n) is 7.23. The summed E-state index contributed by atoms with van der Waals surface area (Å²) in [6, 6.07) is 37.3. The van der Waals surface area contributed by atoms with Crippen molar-refractivity contribution >= 4 is 68.5 Å². The van der Waals surface area contributed by atoms with Crippen molar-refractivity contribution in [3.8, 4) is 17.0 Å². The van der Waals surface area contributed by atoms with E-state index in [1.54, 1.807) is 73.8 Å². The van der Waals surface area contributed by atoms with E-state index in [9.17, 15) is 14.4 Å². The van der Waals surface area contributed by atoms with Gasteiger partial charge < -0.3 is 20.7 Å². The highest BCUT2D eigenvalue weighted by Crippen LogP contribution is 2.28. The summed E-state index contributed by atoms with van der Waals surface area (Å²) in [5, 5.41) is 13.2. The predicted molar refractivity (Wildman–Crippen MR) is 194 cm³/mol. The highest BCUT2D eigenvalue weighted by Gasteiger charge is 2.16. The molecule has 48 heavy (non-hydrogen) atoms. The Morgan fingerprint density at radius 3 is 2.29 bits per heavy atom. The number of aromatic nitrogens is 1. The molecule has 0 bridgehead atoms. The number of fused-ring (bicyclic) bond motifs is 1. The van der Waals surface area contributed by atoms with Crippen LogP contribution in [0.5, 0.6) is 5.75 Å². The van der Waals surface area contributed by atoms with Gasteiger partial charge >= 0.3 is 0 Å². The Morgan fingerprint density at radius 1 is 0.812 bits per heavy atom. The molecule has 0 unspecified atom stereocenters. The van der Waals surface area contributed by atoms with E-state index in [0.29, 0.717) is 27.7 Å². The van der Waals surface area contributed by atoms with E-state index < -0.39 is 11.8 Å². The van der Waals surface area contributed by atoms with E-state index in [2.05, 4.69) is 45.2 Å². The number of thioether (sulfide) groups is 1. The number of nitrogens with one attached hydrogen (secondary N) is 3. The first-order chi connectivity index (χ1) is 23.4. The number of benzene rings is 5. The van der Waals surface area contributed by atoms with Gasteiger partial charge in [-0.3, -0.25) is 14.4 Å². The number of carbonyl (C=O) groups is 3. The van der Waals surface area contributed by atoms with Gasteiger partial charge in [0.15, 0.2) is 5.13 Å². The summed E-state index contributed by atoms with van der Waals surface area (Å²) < 4.78 is 5.22. The maximum absolute atomic E-state index is 13.3. The molecular formula is C38H30N4O4S2. The number of methoxy groups -OCH3 is 1. The molecule has 3 amide bonds. The second kappa shape index (κ2) is 15.3. The summed E-state index contributed by atoms with van der Waals surface area (Å²) in [6.07, 6.45) is 1.60. The summed E-state index contributed by atoms with van der Waals surface area (Å²) in [4.78, 5) is 44.4. The number of hydrogen-bond acceptors (Lipinski definition) is 7. The van der Waals surface area contributed by atoms with Gasteiger partial charge in [-0.1, -0.05) is 66.7 Å². The lowest BCUT2D eigenvalue weighted by Gasteiger charge is -2.12. The van der Waals surface area contributed by atoms with Gasteiger partial charge in [0.2, 0.25) is 5.91 Å². The van der Waals surface area contributed by atoms with Crippen LogP contribution < -0.4 is 20.7 Å². The number of carbonyl (C=O) groups excluding carboxylic acids is 3. The zero-order chi connectivity index (χ0) is 33.3. The molecule has 5 aromatic carbocycles. The maximum atomic E-state index is 13.3. The summed E-state index contributed by atoms with van der Waals surface area (Å²) in [6.45, 7) is 0. The number of anilines is 2. The number of rotatable bonds is 11. The van der Waals surface area contributed by atoms with Crippen molar-refractivity contribution < 1.29 is 19.1 Å². The van der Waals surface area contributed by atoms with Crippen LogP contribution in [0.3, 0.4) is 0 Å². The monoisotopic (exact) mass is 670 g/mol. The average molecular weight is 671 g/mol. The Bertz CT molecular complexity index is 2090. The van der Waals surface area contributed by atoms with E-state index in [0.717, 1.165) is 26.9 Å². The highest BCUT2D eigenvalue weighted by atomic mass is 32.2. The Morgan fingerprint density at radius 2 is 1.54 bits per heavy atom. The van der Waals surface area contributed by atoms with Gasteiger partial charge in [-0.15, -0.1) is 23.1 Å². The molecule has 238 valence electrons. The van der Waals surface area contributed by atoms with E-state index in [1.807, 2.05) is 41.8 Å². The zero-order valence-electron chi connectivity index (χ0n) is 25.8. The molecule has 0 aliphatic carbocycles. The minimum Gasteiger partial charge on any atom is -0.497 e. The quantitative estimate of drug-likeness (QED) is 0.0949. The molecule has 6 rings (SSSR count). The van der Waals surface area contributed by atoms with E-state index in [-0.39, 0.29) is 17.4 Å². The van der Waals surface area contributed by atoms with Crippen molar-refractivity contribution in [2.24, 2.45) is 0 Å². The molecule has 0 atom stereocenters. The van der Waals surface area contributed by atoms with Crippen molar-refractivity contribution in [2.75, 3.05) is 23.5 Å². The molecule has 1 heterocycles. The summed E-state index contributed by atoms with van der Waals surface area (Å²) in [5.74, 6) is -0.188. The SMILES string of the molecule is COc1ccc(/C=C(\NC(=O)c2ccccc2)C(=O)Nc2ccc(SCC(=O)Nc3nc(-c4ccc5ccccc5c4)cs3)cc2)cc1. The normalized spacial score (nSPS) is 11.1. The van der Waals surface area contributed by atoms with Gasteiger partial charge in [-0.25, -0.2) is 4.98 Å². The molecule has 8 nitrogen and oxygen atoms in total. The fraction of sp³-hybridized carbons (Fsp3) is 0.0526. The van der Waals surface area contributed by atoms with Crippen LogP contribution in [0.2, 0.25) is 0 Å². The van der Waals surface area contributed by atoms with Gasteiger partial charge in [0, 0.05) is 27.1 Å². The smallest absolute Gasteiger partial charge is 0.272 e. The van der Waals surface area contributed by atoms with Crippen molar-refractivity contribution in [1.29, 1.82) is 0 Å². The molecule has 6 aromatic rings. The van der Waals surface area contributed by atoms with Crippen molar-refractivity contribution in [1.82, 2.24) is 10.3 Å². The van der Waals surface area contributed by atoms with Crippen LogP contribution in [0.4, 0.5) is 10.8 Å². The van der Waals surface area contributed by atoms with Crippen molar-refractivity contribution in [2.45, 2.75) is 4.90 Å². The third-order valence-corrected chi connectivity index (χ3v) is 9.00. The molecule has 0 aliphatic heterocycles. The molecule has 1 aromatic heterocycles. The summed E-state index contributed by atoms with van der Waals surface area (Å²) in [7, 11) is 1.58. The fourth-order valence-corrected chi connectivity index (χ4v) is 6.19. The minimum absolute atomic E-state index is 0.0788. The van der Waals surface area contributed by atoms with Gasteiger partial charge in [0.1, 0.15) is 11.4 Å². The van der Waals surface area contributed by atoms with Crippen LogP contribution in [-0.2, 0) is 9.59 Å². The lowest BCUT2D eigenvalue weighted by molar-refractivity contribution is -0.114. The summed E-state index contributed by atoms with van der Waals surface area (Å²) in [5.41, 5.74) is 3.56. The van der Waals surface area contributed by atoms with Crippen LogP contribution >= 0.6 is 23.1 Å². The lowest BCUT2D eigenvalue weighted by atomic mass is 10.1. The number of thiazole rings is 1. The van der Waals surface area contributed by atoms with Gasteiger partial charge in [-0.05, 0) is 77.0 Å². The Kier molecular flexibility index (Phi) is 10.2. The van der Waals surface area contributed by atoms with E-state index in [1.165, 1.54) is 23.1 Å². The van der Waals surface area contributed by atoms with Crippen LogP contribution in [0.15, 0.2) is 137 Å². The number of amides is 3. The largest absolute Gasteiger partial charge is 0.497 e. The van der Waals surface area contributed by atoms with Gasteiger partial charge in [0.25, 0.3) is 11.8 Å². The predicted octanol–water partition coefficient (Wildman–Crippen LogP) is 8.11. The third kappa shape index (κ3) is 8.35. The average Bonchev–Trinajstić information content (AvgIpc) is 3.59. The second-order valence-corrected chi connectivity index (χ2v) is 12.5. The minimum atomic E-state index is -0.485. The standard InChI is InChI=1S/C38H30N4O4S2/c1-46-31-17-11-25(12-18-31)21-33(40-36(44)27-8-3-2-4-9-27)37(45)39-30-15-19-32(20-16-30)47-24-35(43)42-38-41-34(23-48-38)29-14-13-26-7-5-6-10-28(26)22-29/h2-23H,24H2,1H3,(H,39,45)(H,40,44)(H,41,42,43)/b33-21-. The first-order valence-electron chi connectivity index (χ1n) is 14.9. The Labute approximate surface area is 285 Å². The molecule has 0 spiro atoms. The Balaban J connectivity index is 1.05. The topological polar surface area (TPSA) is 109 Å². The molecule has 0 saturated heterocycles. The van der Waals surface area contributed by atoms with Crippen LogP contribution in [0.25, 0.3) is 28.1 Å². The molecular weight excluding hydrogens is 641 g/mol. The molecule has 0 fully saturated rings. The highest BCUT2D eigenvalue weighted by molar-refractivity contribution is 8.00. The molecule has 0 aliphatic rings. The molecule has 0 radical (unpaired) electrons. The van der Waals surface area contributed by atoms with Gasteiger partial charge in [-0.2, -0.15) is 0 Å². The van der Waals surface area contributed by atoms with Crippen LogP contribution in [-0.4, -0.2) is 35.6 Å². The maximum Gasteiger partial charge on any atom is 0.272 e.